The number of benzene rings is 2. The van der Waals surface area contributed by atoms with Gasteiger partial charge in [-0.05, 0) is 71.9 Å². The van der Waals surface area contributed by atoms with E-state index in [1.54, 1.807) is 12.1 Å². The van der Waals surface area contributed by atoms with E-state index in [2.05, 4.69) is 41.5 Å². The van der Waals surface area contributed by atoms with Crippen molar-refractivity contribution in [3.8, 4) is 0 Å². The number of carbonyl (C=O) groups excluding carboxylic acids is 2. The second kappa shape index (κ2) is 15.7. The maximum atomic E-state index is 12.4. The molecule has 2 aromatic carbocycles. The van der Waals surface area contributed by atoms with Crippen LogP contribution in [0.1, 0.15) is 138 Å². The van der Waals surface area contributed by atoms with Gasteiger partial charge in [0.1, 0.15) is 0 Å². The van der Waals surface area contributed by atoms with Gasteiger partial charge in [0.15, 0.2) is 0 Å². The van der Waals surface area contributed by atoms with Crippen LogP contribution >= 0.6 is 0 Å². The maximum absolute atomic E-state index is 12.4. The van der Waals surface area contributed by atoms with E-state index in [-0.39, 0.29) is 22.8 Å². The molecule has 2 aromatic rings. The van der Waals surface area contributed by atoms with Gasteiger partial charge in [-0.2, -0.15) is 0 Å². The molecule has 6 heteroatoms. The van der Waals surface area contributed by atoms with Gasteiger partial charge >= 0.3 is 11.9 Å². The minimum Gasteiger partial charge on any atom is -0.462 e. The molecule has 2 rings (SSSR count). The summed E-state index contributed by atoms with van der Waals surface area (Å²) >= 11 is 0. The molecule has 0 spiro atoms. The molecule has 0 amide bonds. The smallest absolute Gasteiger partial charge is 0.338 e. The van der Waals surface area contributed by atoms with Crippen molar-refractivity contribution in [1.82, 2.24) is 0 Å². The van der Waals surface area contributed by atoms with E-state index in [1.165, 1.54) is 0 Å². The summed E-state index contributed by atoms with van der Waals surface area (Å²) in [4.78, 5) is 24.9. The number of anilines is 2. The zero-order valence-electron chi connectivity index (χ0n) is 25.7. The van der Waals surface area contributed by atoms with Gasteiger partial charge in [-0.25, -0.2) is 9.59 Å². The predicted molar refractivity (Wildman–Crippen MR) is 166 cm³/mol. The SMILES string of the molecule is CCCC(C)(C)c1ccc(C(=O)OCCCCCCCCOC(=O)c2ccc(C(C)(C)CCC)c(N)c2)cc1N. The van der Waals surface area contributed by atoms with Crippen LogP contribution < -0.4 is 11.5 Å². The fourth-order valence-corrected chi connectivity index (χ4v) is 5.54. The fourth-order valence-electron chi connectivity index (χ4n) is 5.54. The normalized spacial score (nSPS) is 11.8. The number of nitrogens with two attached hydrogens (primary N) is 2. The van der Waals surface area contributed by atoms with Crippen LogP contribution in [0, 0.1) is 0 Å². The minimum absolute atomic E-state index is 0.0187. The van der Waals surface area contributed by atoms with Gasteiger partial charge in [-0.3, -0.25) is 0 Å². The van der Waals surface area contributed by atoms with Crippen LogP contribution in [0.25, 0.3) is 0 Å². The number of esters is 2. The Hall–Kier alpha value is -3.02. The van der Waals surface area contributed by atoms with E-state index in [0.29, 0.717) is 35.7 Å². The van der Waals surface area contributed by atoms with E-state index in [4.69, 9.17) is 20.9 Å². The summed E-state index contributed by atoms with van der Waals surface area (Å²) in [6, 6.07) is 11.0. The van der Waals surface area contributed by atoms with Gasteiger partial charge < -0.3 is 20.9 Å². The topological polar surface area (TPSA) is 105 Å². The Bertz CT molecular complexity index is 1020. The van der Waals surface area contributed by atoms with E-state index >= 15 is 0 Å². The highest BCUT2D eigenvalue weighted by Crippen LogP contribution is 2.34. The molecule has 0 aliphatic heterocycles. The Morgan fingerprint density at radius 2 is 0.975 bits per heavy atom. The molecule has 0 radical (unpaired) electrons. The van der Waals surface area contributed by atoms with E-state index in [1.807, 2.05) is 24.3 Å². The lowest BCUT2D eigenvalue weighted by Gasteiger charge is -2.26. The average molecular weight is 553 g/mol. The molecule has 222 valence electrons. The Kier molecular flexibility index (Phi) is 13.0. The molecule has 0 aromatic heterocycles. The van der Waals surface area contributed by atoms with Crippen LogP contribution in [-0.4, -0.2) is 25.2 Å². The molecule has 0 aliphatic rings. The molecule has 40 heavy (non-hydrogen) atoms. The second-order valence-electron chi connectivity index (χ2n) is 12.3. The van der Waals surface area contributed by atoms with E-state index < -0.39 is 0 Å². The standard InChI is InChI=1S/C34H52N2O4/c1-7-19-33(3,4)27-17-15-25(23-29(27)35)31(37)39-21-13-11-9-10-12-14-22-40-32(38)26-16-18-28(30(36)24-26)34(5,6)20-8-2/h15-18,23-24H,7-14,19-22,35-36H2,1-6H3. The summed E-state index contributed by atoms with van der Waals surface area (Å²) in [7, 11) is 0. The van der Waals surface area contributed by atoms with Crippen molar-refractivity contribution in [2.75, 3.05) is 24.7 Å². The van der Waals surface area contributed by atoms with Crippen LogP contribution in [0.2, 0.25) is 0 Å². The molecule has 0 unspecified atom stereocenters. The second-order valence-corrected chi connectivity index (χ2v) is 12.3. The molecule has 0 fully saturated rings. The molecule has 0 aliphatic carbocycles. The van der Waals surface area contributed by atoms with Crippen molar-refractivity contribution in [3.63, 3.8) is 0 Å². The average Bonchev–Trinajstić information content (AvgIpc) is 2.88. The molecule has 0 saturated heterocycles. The highest BCUT2D eigenvalue weighted by atomic mass is 16.5. The lowest BCUT2D eigenvalue weighted by atomic mass is 9.79. The minimum atomic E-state index is -0.325. The van der Waals surface area contributed by atoms with Crippen LogP contribution in [0.5, 0.6) is 0 Å². The first kappa shape index (κ1) is 33.2. The number of nitrogen functional groups attached to an aromatic ring is 2. The van der Waals surface area contributed by atoms with Crippen molar-refractivity contribution in [1.29, 1.82) is 0 Å². The monoisotopic (exact) mass is 552 g/mol. The summed E-state index contributed by atoms with van der Waals surface area (Å²) in [5.41, 5.74) is 16.9. The number of unbranched alkanes of at least 4 members (excludes halogenated alkanes) is 5. The molecule has 0 atom stereocenters. The lowest BCUT2D eigenvalue weighted by Crippen LogP contribution is -2.19. The van der Waals surface area contributed by atoms with Gasteiger partial charge in [0.2, 0.25) is 0 Å². The highest BCUT2D eigenvalue weighted by molar-refractivity contribution is 5.91. The third-order valence-electron chi connectivity index (χ3n) is 7.79. The number of rotatable bonds is 17. The van der Waals surface area contributed by atoms with Crippen molar-refractivity contribution in [3.05, 3.63) is 58.7 Å². The number of carbonyl (C=O) groups is 2. The van der Waals surface area contributed by atoms with Gasteiger partial charge in [0.25, 0.3) is 0 Å². The molecule has 4 N–H and O–H groups in total. The summed E-state index contributed by atoms with van der Waals surface area (Å²) < 4.78 is 10.9. The van der Waals surface area contributed by atoms with Crippen LogP contribution in [0.4, 0.5) is 11.4 Å². The van der Waals surface area contributed by atoms with Gasteiger partial charge in [0, 0.05) is 11.4 Å². The number of ether oxygens (including phenoxy) is 2. The Morgan fingerprint density at radius 1 is 0.625 bits per heavy atom. The van der Waals surface area contributed by atoms with Crippen LogP contribution in [0.15, 0.2) is 36.4 Å². The molecular weight excluding hydrogens is 500 g/mol. The zero-order valence-corrected chi connectivity index (χ0v) is 25.7. The molecule has 0 saturated carbocycles. The summed E-state index contributed by atoms with van der Waals surface area (Å²) in [6.45, 7) is 13.8. The fraction of sp³-hybridized carbons (Fsp3) is 0.588. The van der Waals surface area contributed by atoms with Crippen molar-refractivity contribution < 1.29 is 19.1 Å². The first-order chi connectivity index (χ1) is 18.9. The maximum Gasteiger partial charge on any atom is 0.338 e. The lowest BCUT2D eigenvalue weighted by molar-refractivity contribution is 0.0484. The van der Waals surface area contributed by atoms with Gasteiger partial charge in [0.05, 0.1) is 24.3 Å². The Morgan fingerprint density at radius 3 is 1.30 bits per heavy atom. The number of hydrogen-bond acceptors (Lipinski definition) is 6. The van der Waals surface area contributed by atoms with Gasteiger partial charge in [-0.15, -0.1) is 0 Å². The van der Waals surface area contributed by atoms with Crippen molar-refractivity contribution in [2.45, 2.75) is 117 Å². The summed E-state index contributed by atoms with van der Waals surface area (Å²) in [5, 5.41) is 0. The number of hydrogen-bond donors (Lipinski definition) is 2. The quantitative estimate of drug-likeness (QED) is 0.116. The third kappa shape index (κ3) is 9.87. The Balaban J connectivity index is 1.60. The Labute approximate surface area is 242 Å². The first-order valence-electron chi connectivity index (χ1n) is 15.1. The van der Waals surface area contributed by atoms with Crippen LogP contribution in [-0.2, 0) is 20.3 Å². The van der Waals surface area contributed by atoms with Crippen LogP contribution in [0.3, 0.4) is 0 Å². The van der Waals surface area contributed by atoms with Crippen molar-refractivity contribution >= 4 is 23.3 Å². The zero-order chi connectivity index (χ0) is 29.8. The molecular formula is C34H52N2O4. The highest BCUT2D eigenvalue weighted by Gasteiger charge is 2.24. The summed E-state index contributed by atoms with van der Waals surface area (Å²) in [5.74, 6) is -0.649. The molecule has 6 nitrogen and oxygen atoms in total. The van der Waals surface area contributed by atoms with Crippen molar-refractivity contribution in [2.24, 2.45) is 0 Å². The predicted octanol–water partition coefficient (Wildman–Crippen LogP) is 8.36. The van der Waals surface area contributed by atoms with E-state index in [0.717, 1.165) is 75.3 Å². The summed E-state index contributed by atoms with van der Waals surface area (Å²) in [6.07, 6.45) is 9.94. The molecule has 0 heterocycles. The van der Waals surface area contributed by atoms with Gasteiger partial charge in [-0.1, -0.05) is 92.2 Å². The molecule has 0 bridgehead atoms. The largest absolute Gasteiger partial charge is 0.462 e. The van der Waals surface area contributed by atoms with E-state index in [9.17, 15) is 9.59 Å². The third-order valence-corrected chi connectivity index (χ3v) is 7.79. The first-order valence-corrected chi connectivity index (χ1v) is 15.1.